The van der Waals surface area contributed by atoms with Crippen LogP contribution in [-0.4, -0.2) is 52.5 Å². The number of carbonyl (C=O) groups is 2. The minimum absolute atomic E-state index is 0.0435. The van der Waals surface area contributed by atoms with Gasteiger partial charge in [-0.3, -0.25) is 14.4 Å². The Morgan fingerprint density at radius 1 is 1.40 bits per heavy atom. The van der Waals surface area contributed by atoms with Crippen molar-refractivity contribution in [3.05, 3.63) is 33.7 Å². The molecule has 7 nitrogen and oxygen atoms in total. The quantitative estimate of drug-likeness (QED) is 0.687. The Bertz CT molecular complexity index is 683. The fourth-order valence-corrected chi connectivity index (χ4v) is 3.37. The van der Waals surface area contributed by atoms with Crippen molar-refractivity contribution in [3.63, 3.8) is 0 Å². The molecule has 1 fully saturated rings. The Morgan fingerprint density at radius 3 is 2.72 bits per heavy atom. The highest BCUT2D eigenvalue weighted by atomic mass is 16.4. The van der Waals surface area contributed by atoms with Gasteiger partial charge in [0.2, 0.25) is 0 Å². The van der Waals surface area contributed by atoms with Crippen LogP contribution in [0.15, 0.2) is 17.1 Å². The first-order valence-corrected chi connectivity index (χ1v) is 8.72. The van der Waals surface area contributed by atoms with E-state index in [0.717, 1.165) is 6.54 Å². The molecule has 1 amide bonds. The molecule has 1 aromatic heterocycles. The zero-order valence-corrected chi connectivity index (χ0v) is 15.0. The Hall–Kier alpha value is -2.15. The molecule has 0 unspecified atom stereocenters. The number of likely N-dealkylation sites (tertiary alicyclic amines) is 1. The maximum absolute atomic E-state index is 12.5. The summed E-state index contributed by atoms with van der Waals surface area (Å²) < 4.78 is 0. The van der Waals surface area contributed by atoms with Gasteiger partial charge in [0.25, 0.3) is 5.91 Å². The number of hydrogen-bond donors (Lipinski definition) is 3. The van der Waals surface area contributed by atoms with Gasteiger partial charge >= 0.3 is 5.97 Å². The number of amides is 1. The molecule has 7 heteroatoms. The molecule has 1 aliphatic rings. The minimum atomic E-state index is -0.789. The van der Waals surface area contributed by atoms with Crippen molar-refractivity contribution in [1.82, 2.24) is 15.2 Å². The van der Waals surface area contributed by atoms with Gasteiger partial charge in [-0.2, -0.15) is 0 Å². The Balaban J connectivity index is 2.01. The van der Waals surface area contributed by atoms with Crippen LogP contribution >= 0.6 is 0 Å². The Labute approximate surface area is 147 Å². The monoisotopic (exact) mass is 349 g/mol. The maximum atomic E-state index is 12.5. The van der Waals surface area contributed by atoms with Crippen molar-refractivity contribution in [2.24, 2.45) is 11.8 Å². The fourth-order valence-electron chi connectivity index (χ4n) is 3.37. The summed E-state index contributed by atoms with van der Waals surface area (Å²) in [6.07, 6.45) is 2.20. The normalized spacial score (nSPS) is 20.8. The van der Waals surface area contributed by atoms with E-state index in [0.29, 0.717) is 31.1 Å². The van der Waals surface area contributed by atoms with Gasteiger partial charge < -0.3 is 20.3 Å². The second kappa shape index (κ2) is 8.29. The Morgan fingerprint density at radius 2 is 2.12 bits per heavy atom. The lowest BCUT2D eigenvalue weighted by molar-refractivity contribution is -0.137. The van der Waals surface area contributed by atoms with Crippen LogP contribution in [0, 0.1) is 18.8 Å². The van der Waals surface area contributed by atoms with Crippen molar-refractivity contribution >= 4 is 11.9 Å². The van der Waals surface area contributed by atoms with Gasteiger partial charge in [0, 0.05) is 43.5 Å². The molecule has 0 radical (unpaired) electrons. The molecule has 1 saturated heterocycles. The third-order valence-corrected chi connectivity index (χ3v) is 4.78. The number of rotatable bonds is 7. The van der Waals surface area contributed by atoms with Gasteiger partial charge in [0.1, 0.15) is 5.56 Å². The highest BCUT2D eigenvalue weighted by Crippen LogP contribution is 2.25. The van der Waals surface area contributed by atoms with E-state index in [1.165, 1.54) is 12.3 Å². The first-order valence-electron chi connectivity index (χ1n) is 8.72. The molecule has 2 atom stereocenters. The van der Waals surface area contributed by atoms with Crippen molar-refractivity contribution < 1.29 is 14.7 Å². The number of aromatic amines is 1. The van der Waals surface area contributed by atoms with Gasteiger partial charge in [-0.1, -0.05) is 13.8 Å². The van der Waals surface area contributed by atoms with Crippen molar-refractivity contribution in [2.45, 2.75) is 39.7 Å². The molecule has 1 aliphatic heterocycles. The summed E-state index contributed by atoms with van der Waals surface area (Å²) in [5, 5.41) is 11.8. The van der Waals surface area contributed by atoms with Gasteiger partial charge in [0.05, 0.1) is 0 Å². The molecule has 2 rings (SSSR count). The lowest BCUT2D eigenvalue weighted by Gasteiger charge is -2.22. The minimum Gasteiger partial charge on any atom is -0.481 e. The van der Waals surface area contributed by atoms with Crippen LogP contribution in [0.2, 0.25) is 0 Å². The van der Waals surface area contributed by atoms with Gasteiger partial charge in [-0.25, -0.2) is 0 Å². The second-order valence-corrected chi connectivity index (χ2v) is 7.14. The van der Waals surface area contributed by atoms with Gasteiger partial charge in [-0.15, -0.1) is 0 Å². The van der Waals surface area contributed by atoms with Crippen LogP contribution < -0.4 is 10.7 Å². The molecule has 1 aromatic rings. The Kier molecular flexibility index (Phi) is 6.36. The number of aliphatic carboxylic acids is 1. The summed E-state index contributed by atoms with van der Waals surface area (Å²) in [7, 11) is 0. The molecule has 138 valence electrons. The SMILES string of the molecule is Cc1cc(=O)c(C(=O)N[C@@H]2CN(CCCC(=O)O)C[C@H]2C(C)C)c[nH]1. The average Bonchev–Trinajstić information content (AvgIpc) is 2.89. The number of carbonyl (C=O) groups excluding carboxylic acids is 1. The smallest absolute Gasteiger partial charge is 0.303 e. The summed E-state index contributed by atoms with van der Waals surface area (Å²) in [5.74, 6) is -0.489. The van der Waals surface area contributed by atoms with Crippen LogP contribution in [0.1, 0.15) is 42.7 Å². The van der Waals surface area contributed by atoms with E-state index in [1.54, 1.807) is 6.92 Å². The molecule has 2 heterocycles. The molecule has 0 aliphatic carbocycles. The fraction of sp³-hybridized carbons (Fsp3) is 0.611. The second-order valence-electron chi connectivity index (χ2n) is 7.14. The standard InChI is InChI=1S/C18H27N3O4/c1-11(2)14-9-21(6-4-5-17(23)24)10-15(14)20-18(25)13-8-19-12(3)7-16(13)22/h7-8,11,14-15H,4-6,9-10H2,1-3H3,(H,19,22)(H,20,25)(H,23,24)/t14-,15+/m0/s1. The van der Waals surface area contributed by atoms with Crippen molar-refractivity contribution in [3.8, 4) is 0 Å². The third kappa shape index (κ3) is 5.16. The highest BCUT2D eigenvalue weighted by molar-refractivity contribution is 5.94. The number of hydrogen-bond acceptors (Lipinski definition) is 4. The summed E-state index contributed by atoms with van der Waals surface area (Å²) in [6, 6.07) is 1.37. The zero-order chi connectivity index (χ0) is 18.6. The van der Waals surface area contributed by atoms with E-state index in [-0.39, 0.29) is 35.3 Å². The first kappa shape index (κ1) is 19.2. The number of aryl methyl sites for hydroxylation is 1. The van der Waals surface area contributed by atoms with Crippen LogP contribution in [0.5, 0.6) is 0 Å². The predicted molar refractivity (Wildman–Crippen MR) is 94.7 cm³/mol. The van der Waals surface area contributed by atoms with Crippen molar-refractivity contribution in [2.75, 3.05) is 19.6 Å². The summed E-state index contributed by atoms with van der Waals surface area (Å²) in [6.45, 7) is 8.20. The molecule has 0 saturated carbocycles. The summed E-state index contributed by atoms with van der Waals surface area (Å²) in [4.78, 5) is 40.2. The molecule has 0 aromatic carbocycles. The lowest BCUT2D eigenvalue weighted by Crippen LogP contribution is -2.43. The number of carboxylic acid groups (broad SMARTS) is 1. The van der Waals surface area contributed by atoms with E-state index in [4.69, 9.17) is 5.11 Å². The lowest BCUT2D eigenvalue weighted by atomic mass is 9.91. The average molecular weight is 349 g/mol. The van der Waals surface area contributed by atoms with E-state index < -0.39 is 5.97 Å². The molecule has 0 spiro atoms. The number of carboxylic acids is 1. The predicted octanol–water partition coefficient (Wildman–Crippen LogP) is 1.23. The number of nitrogens with one attached hydrogen (secondary N) is 2. The summed E-state index contributed by atoms with van der Waals surface area (Å²) >= 11 is 0. The van der Waals surface area contributed by atoms with Crippen LogP contribution in [0.4, 0.5) is 0 Å². The van der Waals surface area contributed by atoms with Gasteiger partial charge in [-0.05, 0) is 31.7 Å². The number of aromatic nitrogens is 1. The molecule has 25 heavy (non-hydrogen) atoms. The number of pyridine rings is 1. The van der Waals surface area contributed by atoms with Crippen LogP contribution in [0.3, 0.4) is 0 Å². The molecule has 3 N–H and O–H groups in total. The largest absolute Gasteiger partial charge is 0.481 e. The molecular weight excluding hydrogens is 322 g/mol. The third-order valence-electron chi connectivity index (χ3n) is 4.78. The maximum Gasteiger partial charge on any atom is 0.303 e. The van der Waals surface area contributed by atoms with Crippen molar-refractivity contribution in [1.29, 1.82) is 0 Å². The number of nitrogens with zero attached hydrogens (tertiary/aromatic N) is 1. The first-order chi connectivity index (χ1) is 11.8. The number of H-pyrrole nitrogens is 1. The highest BCUT2D eigenvalue weighted by Gasteiger charge is 2.35. The zero-order valence-electron chi connectivity index (χ0n) is 15.0. The molecule has 0 bridgehead atoms. The van der Waals surface area contributed by atoms with E-state index in [1.807, 2.05) is 0 Å². The van der Waals surface area contributed by atoms with E-state index >= 15 is 0 Å². The molecular formula is C18H27N3O4. The van der Waals surface area contributed by atoms with E-state index in [2.05, 4.69) is 29.0 Å². The topological polar surface area (TPSA) is 102 Å². The van der Waals surface area contributed by atoms with Crippen LogP contribution in [0.25, 0.3) is 0 Å². The van der Waals surface area contributed by atoms with Gasteiger partial charge in [0.15, 0.2) is 5.43 Å². The van der Waals surface area contributed by atoms with Crippen LogP contribution in [-0.2, 0) is 4.79 Å². The van der Waals surface area contributed by atoms with E-state index in [9.17, 15) is 14.4 Å². The summed E-state index contributed by atoms with van der Waals surface area (Å²) in [5.41, 5.74) is 0.552.